The van der Waals surface area contributed by atoms with E-state index >= 15 is 0 Å². The van der Waals surface area contributed by atoms with Crippen LogP contribution in [0.25, 0.3) is 38.3 Å². The van der Waals surface area contributed by atoms with Crippen LogP contribution in [0.2, 0.25) is 0 Å². The second kappa shape index (κ2) is 12.6. The summed E-state index contributed by atoms with van der Waals surface area (Å²) >= 11 is 1.46. The van der Waals surface area contributed by atoms with E-state index in [0.717, 1.165) is 0 Å². The summed E-state index contributed by atoms with van der Waals surface area (Å²) in [5.74, 6) is 0.468. The molecule has 0 saturated carbocycles. The average molecular weight is 676 g/mol. The topological polar surface area (TPSA) is 0 Å². The van der Waals surface area contributed by atoms with Crippen molar-refractivity contribution in [2.45, 2.75) is 66.2 Å². The molecule has 0 aromatic heterocycles. The van der Waals surface area contributed by atoms with Crippen molar-refractivity contribution < 1.29 is 24.2 Å². The molecule has 5 aromatic rings. The third-order valence-electron chi connectivity index (χ3n) is 9.69. The van der Waals surface area contributed by atoms with E-state index in [2.05, 4.69) is 162 Å². The van der Waals surface area contributed by atoms with Crippen molar-refractivity contribution in [3.05, 3.63) is 154 Å². The van der Waals surface area contributed by atoms with Crippen molar-refractivity contribution in [2.24, 2.45) is 5.92 Å². The molecule has 8 rings (SSSR count). The van der Waals surface area contributed by atoms with E-state index < -0.39 is 0 Å². The van der Waals surface area contributed by atoms with Crippen molar-refractivity contribution in [1.82, 2.24) is 0 Å². The van der Waals surface area contributed by atoms with E-state index in [0.29, 0.717) is 5.92 Å². The third-order valence-corrected chi connectivity index (χ3v) is 10.5. The van der Waals surface area contributed by atoms with Gasteiger partial charge in [-0.05, 0) is 36.1 Å². The zero-order chi connectivity index (χ0) is 32.8. The standard InChI is InChI=1S/C25H25.C13H13.C7H6.Zr/c1-14-12-24(3,4)22-8-16-7-17-9-23-19(15(2)13-25(23,5)6)11-21(17)20(16)10-18(14)22;1-10-8-11(2)13(9-10)12-6-4-3-5-7-12;1-7-5-3-2-4-6-7;/h7-13H,1-6H3;3-7,9-10H,1-2H3;1-6H;/q2*-1;;+2. The molecular formula is C45H44Zr. The first-order valence-electron chi connectivity index (χ1n) is 16.4. The molecule has 0 fully saturated rings. The van der Waals surface area contributed by atoms with E-state index in [1.807, 2.05) is 12.1 Å². The van der Waals surface area contributed by atoms with Gasteiger partial charge in [0.05, 0.1) is 0 Å². The summed E-state index contributed by atoms with van der Waals surface area (Å²) in [5.41, 5.74) is 14.1. The van der Waals surface area contributed by atoms with Crippen LogP contribution in [0.5, 0.6) is 0 Å². The summed E-state index contributed by atoms with van der Waals surface area (Å²) in [5, 5.41) is 5.57. The van der Waals surface area contributed by atoms with Gasteiger partial charge in [-0.3, -0.25) is 6.08 Å². The summed E-state index contributed by atoms with van der Waals surface area (Å²) in [4.78, 5) is 0. The fraction of sp³-hybridized carbons (Fsp3) is 0.244. The molecule has 0 spiro atoms. The fourth-order valence-electron chi connectivity index (χ4n) is 7.53. The summed E-state index contributed by atoms with van der Waals surface area (Å²) in [6.07, 6.45) is 10.5. The predicted molar refractivity (Wildman–Crippen MR) is 198 cm³/mol. The number of benzene rings is 4. The summed E-state index contributed by atoms with van der Waals surface area (Å²) in [7, 11) is 0. The van der Waals surface area contributed by atoms with Crippen LogP contribution >= 0.6 is 0 Å². The molecule has 1 unspecified atom stereocenters. The molecule has 0 N–H and O–H groups in total. The van der Waals surface area contributed by atoms with Gasteiger partial charge in [0.1, 0.15) is 0 Å². The Hall–Kier alpha value is -3.54. The van der Waals surface area contributed by atoms with Crippen molar-refractivity contribution in [1.29, 1.82) is 0 Å². The molecule has 0 bridgehead atoms. The normalized spacial score (nSPS) is 18.3. The molecular weight excluding hydrogens is 632 g/mol. The quantitative estimate of drug-likeness (QED) is 0.163. The van der Waals surface area contributed by atoms with Crippen molar-refractivity contribution in [3.8, 4) is 0 Å². The van der Waals surface area contributed by atoms with Crippen LogP contribution in [0.15, 0.2) is 115 Å². The molecule has 0 nitrogen and oxygen atoms in total. The van der Waals surface area contributed by atoms with Gasteiger partial charge in [-0.25, -0.2) is 5.57 Å². The van der Waals surface area contributed by atoms with Gasteiger partial charge in [0.15, 0.2) is 0 Å². The first kappa shape index (κ1) is 32.4. The molecule has 0 aliphatic heterocycles. The maximum atomic E-state index is 3.39. The fourth-order valence-corrected chi connectivity index (χ4v) is 8.01. The number of fused-ring (bicyclic) bond motifs is 5. The van der Waals surface area contributed by atoms with Gasteiger partial charge in [0.2, 0.25) is 0 Å². The summed E-state index contributed by atoms with van der Waals surface area (Å²) < 4.78 is 2.17. The molecule has 228 valence electrons. The minimum absolute atomic E-state index is 0.139. The Morgan fingerprint density at radius 2 is 1.17 bits per heavy atom. The first-order valence-corrected chi connectivity index (χ1v) is 17.8. The number of allylic oxidation sites excluding steroid dienone is 8. The van der Waals surface area contributed by atoms with E-state index in [1.165, 1.54) is 101 Å². The third kappa shape index (κ3) is 6.24. The maximum absolute atomic E-state index is 3.39. The molecule has 0 saturated heterocycles. The Balaban J connectivity index is 0.000000147. The van der Waals surface area contributed by atoms with E-state index in [1.54, 1.807) is 0 Å². The molecule has 5 aromatic carbocycles. The SMILES string of the molecule is CC1=CC(C)(C)c2cc3[cH-]c4cc5c(cc4c3cc21)C(C)=CC5(C)C.CC1=[C-]C(C)C=C1c1ccccc1.[Zr+2]=[CH]c1ccccc1. The molecule has 0 heterocycles. The molecule has 0 amide bonds. The van der Waals surface area contributed by atoms with Crippen LogP contribution in [0, 0.1) is 12.0 Å². The number of rotatable bonds is 2. The van der Waals surface area contributed by atoms with Gasteiger partial charge in [-0.1, -0.05) is 113 Å². The summed E-state index contributed by atoms with van der Waals surface area (Å²) in [6.45, 7) is 18.1. The Labute approximate surface area is 290 Å². The molecule has 0 radical (unpaired) electrons. The van der Waals surface area contributed by atoms with Gasteiger partial charge in [-0.2, -0.15) is 11.6 Å². The molecule has 1 atom stereocenters. The van der Waals surface area contributed by atoms with Crippen LogP contribution in [0.3, 0.4) is 0 Å². The van der Waals surface area contributed by atoms with Crippen LogP contribution in [0.4, 0.5) is 0 Å². The average Bonchev–Trinajstić information content (AvgIpc) is 3.70. The Morgan fingerprint density at radius 3 is 1.59 bits per heavy atom. The first-order chi connectivity index (χ1) is 21.9. The number of hydrogen-bond acceptors (Lipinski definition) is 0. The molecule has 1 heteroatoms. The van der Waals surface area contributed by atoms with Gasteiger partial charge in [-0.15, -0.1) is 45.3 Å². The van der Waals surface area contributed by atoms with Crippen molar-refractivity contribution in [2.75, 3.05) is 0 Å². The van der Waals surface area contributed by atoms with E-state index in [9.17, 15) is 0 Å². The van der Waals surface area contributed by atoms with Gasteiger partial charge in [0, 0.05) is 10.8 Å². The van der Waals surface area contributed by atoms with Gasteiger partial charge >= 0.3 is 63.8 Å². The zero-order valence-electron chi connectivity index (χ0n) is 28.5. The van der Waals surface area contributed by atoms with E-state index in [4.69, 9.17) is 0 Å². The second-order valence-electron chi connectivity index (χ2n) is 14.3. The van der Waals surface area contributed by atoms with Crippen LogP contribution in [0.1, 0.15) is 88.8 Å². The van der Waals surface area contributed by atoms with Crippen LogP contribution in [-0.2, 0) is 35.1 Å². The second-order valence-corrected chi connectivity index (χ2v) is 15.0. The number of hydrogen-bond donors (Lipinski definition) is 0. The Kier molecular flexibility index (Phi) is 8.86. The van der Waals surface area contributed by atoms with Crippen molar-refractivity contribution >= 4 is 42.0 Å². The van der Waals surface area contributed by atoms with Crippen LogP contribution < -0.4 is 0 Å². The molecule has 3 aliphatic carbocycles. The Morgan fingerprint density at radius 1 is 0.696 bits per heavy atom. The van der Waals surface area contributed by atoms with Crippen LogP contribution in [-0.4, -0.2) is 3.71 Å². The van der Waals surface area contributed by atoms with E-state index in [-0.39, 0.29) is 10.8 Å². The van der Waals surface area contributed by atoms with Gasteiger partial charge < -0.3 is 0 Å². The molecule has 3 aliphatic rings. The van der Waals surface area contributed by atoms with Crippen molar-refractivity contribution in [3.63, 3.8) is 0 Å². The molecule has 46 heavy (non-hydrogen) atoms. The monoisotopic (exact) mass is 674 g/mol. The predicted octanol–water partition coefficient (Wildman–Crippen LogP) is 12.0. The minimum atomic E-state index is 0.139. The van der Waals surface area contributed by atoms with Gasteiger partial charge in [0.25, 0.3) is 0 Å². The summed E-state index contributed by atoms with van der Waals surface area (Å²) in [6, 6.07) is 32.9. The Bertz CT molecular complexity index is 1980. The zero-order valence-corrected chi connectivity index (χ0v) is 31.0.